The standard InChI is InChI=1S/C65H56N5O.Pt/c1-63(2,3)42-29-32-67-60(36-42)70-57-25-13-12-21-52(57)53-28-27-47(38-59(53)70)71-46-18-14-17-45(37-46)68-40-69-61-48(41-33-43(64(4,5)6)35-44(34-41)65(7,8)9)22-15-23-54(61)49-19-10-11-20-50(49)56-39-66-31-30-51(56)55-24-16-26-58(68)62(55)69;/h10-36,39-40H,1-9H3;/q-3;/i4D3,5D3,6D3;. The van der Waals surface area contributed by atoms with E-state index in [2.05, 4.69) is 100 Å². The van der Waals surface area contributed by atoms with Crippen molar-refractivity contribution < 1.29 is 38.1 Å². The first-order chi connectivity index (χ1) is 37.8. The number of para-hydroxylation sites is 3. The first-order valence-corrected chi connectivity index (χ1v) is 23.9. The zero-order valence-electron chi connectivity index (χ0n) is 49.7. The number of pyridine rings is 2. The van der Waals surface area contributed by atoms with E-state index in [9.17, 15) is 0 Å². The second-order valence-electron chi connectivity index (χ2n) is 20.6. The number of nitrogens with zero attached hydrogens (tertiary/aromatic N) is 5. The Morgan fingerprint density at radius 2 is 1.19 bits per heavy atom. The van der Waals surface area contributed by atoms with Gasteiger partial charge in [0.2, 0.25) is 0 Å². The molecular formula is C65H56N5OPt-3. The molecule has 5 heterocycles. The molecule has 72 heavy (non-hydrogen) atoms. The van der Waals surface area contributed by atoms with Crippen LogP contribution in [-0.2, 0) is 37.3 Å². The van der Waals surface area contributed by atoms with Crippen LogP contribution in [0.2, 0.25) is 0 Å². The maximum absolute atomic E-state index is 8.78. The minimum absolute atomic E-state index is 0. The summed E-state index contributed by atoms with van der Waals surface area (Å²) in [6.07, 6.45) is 5.52. The van der Waals surface area contributed by atoms with E-state index in [1.807, 2.05) is 131 Å². The van der Waals surface area contributed by atoms with Crippen molar-refractivity contribution in [3.05, 3.63) is 206 Å². The van der Waals surface area contributed by atoms with Crippen LogP contribution in [0.4, 0.5) is 11.4 Å². The largest absolute Gasteiger partial charge is 0.509 e. The molecule has 0 aliphatic carbocycles. The molecule has 1 aliphatic heterocycles. The normalized spacial score (nSPS) is 15.1. The minimum Gasteiger partial charge on any atom is -0.509 e. The summed E-state index contributed by atoms with van der Waals surface area (Å²) in [7, 11) is 0. The molecule has 7 aromatic carbocycles. The van der Waals surface area contributed by atoms with Crippen LogP contribution in [0.5, 0.6) is 11.5 Å². The van der Waals surface area contributed by atoms with Gasteiger partial charge in [-0.1, -0.05) is 164 Å². The van der Waals surface area contributed by atoms with Crippen molar-refractivity contribution in [1.29, 1.82) is 0 Å². The molecule has 0 N–H and O–H groups in total. The Morgan fingerprint density at radius 3 is 1.96 bits per heavy atom. The van der Waals surface area contributed by atoms with Crippen LogP contribution in [0.25, 0.3) is 82.1 Å². The van der Waals surface area contributed by atoms with Crippen molar-refractivity contribution in [2.24, 2.45) is 0 Å². The van der Waals surface area contributed by atoms with Crippen LogP contribution in [0.1, 0.15) is 91.1 Å². The van der Waals surface area contributed by atoms with E-state index >= 15 is 0 Å². The fourth-order valence-corrected chi connectivity index (χ4v) is 10.2. The molecule has 12 rings (SSSR count). The molecule has 0 fully saturated rings. The number of ether oxygens (including phenoxy) is 1. The molecule has 0 spiro atoms. The molecule has 0 unspecified atom stereocenters. The second-order valence-corrected chi connectivity index (χ2v) is 20.6. The van der Waals surface area contributed by atoms with Crippen molar-refractivity contribution in [3.8, 4) is 28.4 Å². The van der Waals surface area contributed by atoms with E-state index in [1.54, 1.807) is 6.20 Å². The van der Waals surface area contributed by atoms with Gasteiger partial charge < -0.3 is 18.8 Å². The van der Waals surface area contributed by atoms with Gasteiger partial charge in [-0.3, -0.25) is 4.98 Å². The SMILES string of the molecule is [2H]C([2H])([2H])C(c1cc(-c2cccc3c4ccccc4c4cnccc4c4cccc5c4n(c23)[CH-]N5c2[c-]c(Oc3[c-]c4c(cc3)c3ccccc3n4-c3cc(C(C)(C)C)ccn3)ccc2)cc(C(C)(C)C)c1)(C([2H])([2H])[2H])C([2H])([2H])[2H].[Pt]. The zero-order valence-corrected chi connectivity index (χ0v) is 43.0. The molecule has 0 saturated heterocycles. The summed E-state index contributed by atoms with van der Waals surface area (Å²) >= 11 is 0. The number of fused-ring (bicyclic) bond motifs is 10. The van der Waals surface area contributed by atoms with Crippen molar-refractivity contribution in [1.82, 2.24) is 19.1 Å². The molecule has 0 bridgehead atoms. The predicted molar refractivity (Wildman–Crippen MR) is 296 cm³/mol. The number of rotatable bonds is 5. The molecule has 0 radical (unpaired) electrons. The molecule has 360 valence electrons. The van der Waals surface area contributed by atoms with E-state index in [4.69, 9.17) is 22.1 Å². The number of benzene rings is 7. The first-order valence-electron chi connectivity index (χ1n) is 28.4. The van der Waals surface area contributed by atoms with Gasteiger partial charge in [0.25, 0.3) is 0 Å². The Kier molecular flexibility index (Phi) is 9.05. The molecule has 4 aromatic heterocycles. The van der Waals surface area contributed by atoms with Crippen molar-refractivity contribution >= 4 is 76.5 Å². The Hall–Kier alpha value is -7.40. The number of aromatic nitrogens is 4. The van der Waals surface area contributed by atoms with Crippen LogP contribution in [0.15, 0.2) is 170 Å². The topological polar surface area (TPSA) is 48.1 Å². The molecule has 0 amide bonds. The number of hydrogen-bond donors (Lipinski definition) is 0. The molecule has 11 aromatic rings. The number of anilines is 2. The zero-order chi connectivity index (χ0) is 56.5. The van der Waals surface area contributed by atoms with Gasteiger partial charge in [0, 0.05) is 80.1 Å². The van der Waals surface area contributed by atoms with Crippen LogP contribution in [-0.4, -0.2) is 19.1 Å². The Bertz CT molecular complexity index is 4350. The monoisotopic (exact) mass is 1130 g/mol. The van der Waals surface area contributed by atoms with Gasteiger partial charge in [0.05, 0.1) is 0 Å². The average Bonchev–Trinajstić information content (AvgIpc) is 4.19. The smallest absolute Gasteiger partial charge is 0.135 e. The maximum Gasteiger partial charge on any atom is 0.135 e. The summed E-state index contributed by atoms with van der Waals surface area (Å²) < 4.78 is 90.0. The van der Waals surface area contributed by atoms with Gasteiger partial charge in [0.15, 0.2) is 0 Å². The molecule has 1 aliphatic rings. The number of hydrogen-bond acceptors (Lipinski definition) is 4. The summed E-state index contributed by atoms with van der Waals surface area (Å²) in [6.45, 7) is 3.93. The van der Waals surface area contributed by atoms with E-state index in [1.165, 1.54) is 12.1 Å². The minimum atomic E-state index is -3.48. The van der Waals surface area contributed by atoms with Crippen molar-refractivity contribution in [2.45, 2.75) is 78.3 Å². The second kappa shape index (κ2) is 17.4. The quantitative estimate of drug-likeness (QED) is 0.161. The third-order valence-corrected chi connectivity index (χ3v) is 13.8. The van der Waals surface area contributed by atoms with Gasteiger partial charge in [-0.05, 0) is 124 Å². The van der Waals surface area contributed by atoms with Gasteiger partial charge in [-0.15, -0.1) is 35.7 Å². The summed E-state index contributed by atoms with van der Waals surface area (Å²) in [5.74, 6) is 1.71. The summed E-state index contributed by atoms with van der Waals surface area (Å²) in [4.78, 5) is 11.6. The van der Waals surface area contributed by atoms with Crippen LogP contribution >= 0.6 is 0 Å². The average molecular weight is 1130 g/mol. The van der Waals surface area contributed by atoms with Crippen LogP contribution < -0.4 is 9.64 Å². The third-order valence-electron chi connectivity index (χ3n) is 13.8. The molecule has 7 heteroatoms. The Balaban J connectivity index is 0.00000690. The van der Waals surface area contributed by atoms with Gasteiger partial charge >= 0.3 is 0 Å². The summed E-state index contributed by atoms with van der Waals surface area (Å²) in [5, 5.41) is 7.39. The van der Waals surface area contributed by atoms with Crippen molar-refractivity contribution in [3.63, 3.8) is 0 Å². The van der Waals surface area contributed by atoms with Crippen molar-refractivity contribution in [2.75, 3.05) is 4.90 Å². The van der Waals surface area contributed by atoms with E-state index in [0.717, 1.165) is 76.7 Å². The molecule has 0 saturated carbocycles. The first kappa shape index (κ1) is 37.4. The Labute approximate surface area is 449 Å². The van der Waals surface area contributed by atoms with Crippen LogP contribution in [0, 0.1) is 18.8 Å². The molecule has 6 nitrogen and oxygen atoms in total. The van der Waals surface area contributed by atoms with Gasteiger partial charge in [-0.25, -0.2) is 4.98 Å². The summed E-state index contributed by atoms with van der Waals surface area (Å²) in [5.41, 5.74) is 3.20. The molecule has 0 atom stereocenters. The van der Waals surface area contributed by atoms with Gasteiger partial charge in [-0.2, -0.15) is 12.1 Å². The van der Waals surface area contributed by atoms with E-state index < -0.39 is 31.4 Å². The van der Waals surface area contributed by atoms with Crippen LogP contribution in [0.3, 0.4) is 0 Å². The molecular weight excluding hydrogens is 1060 g/mol. The maximum atomic E-state index is 8.78. The summed E-state index contributed by atoms with van der Waals surface area (Å²) in [6, 6.07) is 56.3. The Morgan fingerprint density at radius 1 is 0.542 bits per heavy atom. The van der Waals surface area contributed by atoms with E-state index in [-0.39, 0.29) is 32.0 Å². The van der Waals surface area contributed by atoms with Gasteiger partial charge in [0.1, 0.15) is 5.82 Å². The third kappa shape index (κ3) is 7.97. The predicted octanol–water partition coefficient (Wildman–Crippen LogP) is 17.2. The van der Waals surface area contributed by atoms with E-state index in [0.29, 0.717) is 39.4 Å². The fourth-order valence-electron chi connectivity index (χ4n) is 10.2. The fraction of sp³-hybridized carbons (Fsp3) is 0.185.